The number of nitrogens with zero attached hydrogens (tertiary/aromatic N) is 1. The summed E-state index contributed by atoms with van der Waals surface area (Å²) < 4.78 is 26.9. The molecule has 1 aromatic heterocycles. The fourth-order valence-electron chi connectivity index (χ4n) is 1.50. The molecule has 90 valence electrons. The Morgan fingerprint density at radius 1 is 1.29 bits per heavy atom. The van der Waals surface area contributed by atoms with Crippen LogP contribution in [-0.2, 0) is 0 Å². The topological polar surface area (TPSA) is 24.9 Å². The van der Waals surface area contributed by atoms with Gasteiger partial charge in [0.25, 0.3) is 0 Å². The van der Waals surface area contributed by atoms with Crippen LogP contribution in [0, 0.1) is 18.6 Å². The molecule has 0 aliphatic carbocycles. The molecule has 1 unspecified atom stereocenters. The molecule has 1 N–H and O–H groups in total. The summed E-state index contributed by atoms with van der Waals surface area (Å²) in [6, 6.07) is 2.21. The van der Waals surface area contributed by atoms with E-state index in [1.165, 1.54) is 30.4 Å². The molecule has 1 atom stereocenters. The molecular weight excluding hydrogens is 242 g/mol. The molecule has 5 heteroatoms. The van der Waals surface area contributed by atoms with Crippen molar-refractivity contribution in [1.29, 1.82) is 0 Å². The lowest BCUT2D eigenvalue weighted by Gasteiger charge is -2.14. The van der Waals surface area contributed by atoms with Gasteiger partial charge in [0.1, 0.15) is 11.6 Å². The van der Waals surface area contributed by atoms with Crippen molar-refractivity contribution >= 4 is 17.0 Å². The van der Waals surface area contributed by atoms with E-state index in [1.54, 1.807) is 5.51 Å². The first-order valence-electron chi connectivity index (χ1n) is 5.18. The normalized spacial score (nSPS) is 12.5. The predicted octanol–water partition coefficient (Wildman–Crippen LogP) is 3.90. The van der Waals surface area contributed by atoms with Gasteiger partial charge < -0.3 is 5.32 Å². The zero-order valence-electron chi connectivity index (χ0n) is 9.50. The highest BCUT2D eigenvalue weighted by Gasteiger charge is 2.12. The molecule has 0 aliphatic heterocycles. The van der Waals surface area contributed by atoms with E-state index >= 15 is 0 Å². The van der Waals surface area contributed by atoms with E-state index in [0.29, 0.717) is 5.56 Å². The van der Waals surface area contributed by atoms with Crippen LogP contribution in [0.15, 0.2) is 23.0 Å². The number of aryl methyl sites for hydroxylation is 1. The Hall–Kier alpha value is -1.49. The van der Waals surface area contributed by atoms with Crippen molar-refractivity contribution in [1.82, 2.24) is 4.98 Å². The summed E-state index contributed by atoms with van der Waals surface area (Å²) in [4.78, 5) is 4.12. The van der Waals surface area contributed by atoms with Crippen LogP contribution in [0.1, 0.15) is 24.2 Å². The first-order chi connectivity index (χ1) is 8.08. The fourth-order valence-corrected chi connectivity index (χ4v) is 2.15. The van der Waals surface area contributed by atoms with Crippen LogP contribution < -0.4 is 5.32 Å². The number of halogens is 2. The number of hydrogen-bond donors (Lipinski definition) is 1. The van der Waals surface area contributed by atoms with Crippen molar-refractivity contribution in [3.8, 4) is 0 Å². The summed E-state index contributed by atoms with van der Waals surface area (Å²) in [5, 5.41) is 4.78. The van der Waals surface area contributed by atoms with E-state index in [9.17, 15) is 8.78 Å². The number of nitrogens with one attached hydrogen (secondary N) is 1. The van der Waals surface area contributed by atoms with E-state index < -0.39 is 11.6 Å². The maximum absolute atomic E-state index is 13.6. The van der Waals surface area contributed by atoms with E-state index in [-0.39, 0.29) is 11.7 Å². The van der Waals surface area contributed by atoms with Crippen LogP contribution in [0.5, 0.6) is 0 Å². The van der Waals surface area contributed by atoms with E-state index in [4.69, 9.17) is 0 Å². The molecule has 2 nitrogen and oxygen atoms in total. The second-order valence-electron chi connectivity index (χ2n) is 3.86. The molecule has 1 heterocycles. The van der Waals surface area contributed by atoms with Gasteiger partial charge in [-0.05, 0) is 25.5 Å². The van der Waals surface area contributed by atoms with Crippen molar-refractivity contribution in [3.05, 3.63) is 45.9 Å². The molecule has 17 heavy (non-hydrogen) atoms. The maximum atomic E-state index is 13.6. The Bertz CT molecular complexity index is 511. The van der Waals surface area contributed by atoms with Gasteiger partial charge in [0.05, 0.1) is 22.9 Å². The van der Waals surface area contributed by atoms with Gasteiger partial charge in [0.2, 0.25) is 0 Å². The summed E-state index contributed by atoms with van der Waals surface area (Å²) in [5.74, 6) is -0.870. The minimum Gasteiger partial charge on any atom is -0.374 e. The van der Waals surface area contributed by atoms with Crippen LogP contribution >= 0.6 is 11.3 Å². The monoisotopic (exact) mass is 254 g/mol. The zero-order chi connectivity index (χ0) is 12.4. The molecule has 0 saturated heterocycles. The van der Waals surface area contributed by atoms with Gasteiger partial charge >= 0.3 is 0 Å². The Morgan fingerprint density at radius 2 is 2.06 bits per heavy atom. The summed E-state index contributed by atoms with van der Waals surface area (Å²) >= 11 is 1.47. The maximum Gasteiger partial charge on any atom is 0.146 e. The van der Waals surface area contributed by atoms with E-state index in [2.05, 4.69) is 10.3 Å². The Balaban J connectivity index is 2.22. The minimum atomic E-state index is -0.453. The lowest BCUT2D eigenvalue weighted by atomic mass is 10.2. The summed E-state index contributed by atoms with van der Waals surface area (Å²) in [6.07, 6.45) is 0. The van der Waals surface area contributed by atoms with Crippen LogP contribution in [-0.4, -0.2) is 4.98 Å². The number of benzene rings is 1. The third kappa shape index (κ3) is 2.61. The molecule has 0 spiro atoms. The Kier molecular flexibility index (Phi) is 3.38. The summed E-state index contributed by atoms with van der Waals surface area (Å²) in [5.41, 5.74) is 2.98. The average molecular weight is 254 g/mol. The van der Waals surface area contributed by atoms with Gasteiger partial charge in [-0.2, -0.15) is 0 Å². The van der Waals surface area contributed by atoms with E-state index in [1.807, 2.05) is 12.3 Å². The first-order valence-corrected chi connectivity index (χ1v) is 6.12. The highest BCUT2D eigenvalue weighted by Crippen LogP contribution is 2.23. The summed E-state index contributed by atoms with van der Waals surface area (Å²) in [6.45, 7) is 3.39. The molecule has 0 aliphatic rings. The Labute approximate surface area is 102 Å². The number of anilines is 1. The van der Waals surface area contributed by atoms with Crippen LogP contribution in [0.4, 0.5) is 14.5 Å². The number of aromatic nitrogens is 1. The lowest BCUT2D eigenvalue weighted by molar-refractivity contribution is 0.592. The number of thiazole rings is 1. The van der Waals surface area contributed by atoms with Gasteiger partial charge in [-0.15, -0.1) is 11.3 Å². The first kappa shape index (κ1) is 12.0. The molecule has 0 saturated carbocycles. The third-order valence-electron chi connectivity index (χ3n) is 2.52. The molecule has 0 radical (unpaired) electrons. The second-order valence-corrected chi connectivity index (χ2v) is 4.58. The van der Waals surface area contributed by atoms with Crippen molar-refractivity contribution in [2.45, 2.75) is 19.9 Å². The Morgan fingerprint density at radius 3 is 2.71 bits per heavy atom. The van der Waals surface area contributed by atoms with E-state index in [0.717, 1.165) is 5.69 Å². The van der Waals surface area contributed by atoms with Gasteiger partial charge in [0.15, 0.2) is 0 Å². The highest BCUT2D eigenvalue weighted by atomic mass is 32.1. The fraction of sp³-hybridized carbons (Fsp3) is 0.250. The van der Waals surface area contributed by atoms with Gasteiger partial charge in [-0.3, -0.25) is 0 Å². The molecule has 2 rings (SSSR count). The van der Waals surface area contributed by atoms with Crippen molar-refractivity contribution in [3.63, 3.8) is 0 Å². The van der Waals surface area contributed by atoms with Crippen molar-refractivity contribution < 1.29 is 8.78 Å². The molecule has 2 aromatic rings. The molecule has 0 bridgehead atoms. The molecule has 1 aromatic carbocycles. The third-order valence-corrected chi connectivity index (χ3v) is 3.12. The van der Waals surface area contributed by atoms with Gasteiger partial charge in [-0.25, -0.2) is 13.8 Å². The molecular formula is C12H12F2N2S. The lowest BCUT2D eigenvalue weighted by Crippen LogP contribution is -2.08. The molecule has 0 amide bonds. The molecule has 0 fully saturated rings. The van der Waals surface area contributed by atoms with Crippen LogP contribution in [0.3, 0.4) is 0 Å². The number of rotatable bonds is 3. The smallest absolute Gasteiger partial charge is 0.146 e. The second kappa shape index (κ2) is 4.79. The predicted molar refractivity (Wildman–Crippen MR) is 65.2 cm³/mol. The largest absolute Gasteiger partial charge is 0.374 e. The van der Waals surface area contributed by atoms with Crippen molar-refractivity contribution in [2.75, 3.05) is 5.32 Å². The zero-order valence-corrected chi connectivity index (χ0v) is 10.3. The SMILES string of the molecule is Cc1cc(F)c(NC(C)c2cscn2)cc1F. The minimum absolute atomic E-state index is 0.155. The highest BCUT2D eigenvalue weighted by molar-refractivity contribution is 7.07. The number of hydrogen-bond acceptors (Lipinski definition) is 3. The average Bonchev–Trinajstić information content (AvgIpc) is 2.79. The standard InChI is InChI=1S/C12H12F2N2S/c1-7-3-10(14)11(4-9(7)13)16-8(2)12-5-17-6-15-12/h3-6,8,16H,1-2H3. The van der Waals surface area contributed by atoms with Crippen LogP contribution in [0.2, 0.25) is 0 Å². The van der Waals surface area contributed by atoms with Gasteiger partial charge in [-0.1, -0.05) is 0 Å². The van der Waals surface area contributed by atoms with Gasteiger partial charge in [0, 0.05) is 11.4 Å². The van der Waals surface area contributed by atoms with Crippen LogP contribution in [0.25, 0.3) is 0 Å². The quantitative estimate of drug-likeness (QED) is 0.898. The summed E-state index contributed by atoms with van der Waals surface area (Å²) in [7, 11) is 0. The van der Waals surface area contributed by atoms with Crippen molar-refractivity contribution in [2.24, 2.45) is 0 Å².